The van der Waals surface area contributed by atoms with Crippen LogP contribution in [0.2, 0.25) is 5.02 Å². The average Bonchev–Trinajstić information content (AvgIpc) is 2.67. The second-order valence-corrected chi connectivity index (χ2v) is 7.09. The Morgan fingerprint density at radius 2 is 2.00 bits per heavy atom. The second-order valence-electron chi connectivity index (χ2n) is 6.68. The number of nitrogens with one attached hydrogen (secondary N) is 1. The molecule has 0 bridgehead atoms. The molecule has 0 fully saturated rings. The number of benzene rings is 2. The number of amides is 1. The smallest absolute Gasteiger partial charge is 0.288 e. The van der Waals surface area contributed by atoms with Gasteiger partial charge in [-0.3, -0.25) is 14.9 Å². The molecule has 1 amide bonds. The quantitative estimate of drug-likeness (QED) is 0.573. The van der Waals surface area contributed by atoms with Crippen LogP contribution in [0.4, 0.5) is 5.69 Å². The van der Waals surface area contributed by atoms with E-state index in [0.29, 0.717) is 6.42 Å². The zero-order chi connectivity index (χ0) is 19.6. The Hall–Kier alpha value is -2.60. The number of fused-ring (bicyclic) bond motifs is 1. The predicted molar refractivity (Wildman–Crippen MR) is 103 cm³/mol. The van der Waals surface area contributed by atoms with Gasteiger partial charge < -0.3 is 10.1 Å². The molecule has 0 unspecified atom stereocenters. The minimum atomic E-state index is -0.595. The number of nitro benzene ring substituents is 1. The summed E-state index contributed by atoms with van der Waals surface area (Å²) >= 11 is 5.84. The monoisotopic (exact) mass is 388 g/mol. The first-order valence-corrected chi connectivity index (χ1v) is 9.29. The number of nitrogens with zero attached hydrogens (tertiary/aromatic N) is 1. The van der Waals surface area contributed by atoms with Crippen LogP contribution < -0.4 is 10.1 Å². The Morgan fingerprint density at radius 3 is 2.67 bits per heavy atom. The molecule has 7 heteroatoms. The average molecular weight is 389 g/mol. The molecule has 0 aliphatic carbocycles. The summed E-state index contributed by atoms with van der Waals surface area (Å²) in [6.07, 6.45) is 2.27. The molecule has 0 saturated carbocycles. The molecule has 0 spiro atoms. The van der Waals surface area contributed by atoms with E-state index in [0.717, 1.165) is 24.2 Å². The molecule has 2 aromatic rings. The van der Waals surface area contributed by atoms with Gasteiger partial charge >= 0.3 is 0 Å². The summed E-state index contributed by atoms with van der Waals surface area (Å²) in [5, 5.41) is 14.1. The molecule has 1 atom stereocenters. The van der Waals surface area contributed by atoms with E-state index in [-0.39, 0.29) is 33.8 Å². The van der Waals surface area contributed by atoms with Gasteiger partial charge in [0.2, 0.25) is 0 Å². The molecule has 142 valence electrons. The summed E-state index contributed by atoms with van der Waals surface area (Å²) in [6, 6.07) is 11.5. The highest BCUT2D eigenvalue weighted by Crippen LogP contribution is 2.42. The summed E-state index contributed by atoms with van der Waals surface area (Å²) < 4.78 is 6.24. The lowest BCUT2D eigenvalue weighted by Gasteiger charge is -2.41. The minimum Gasteiger partial charge on any atom is -0.487 e. The Labute approximate surface area is 162 Å². The third kappa shape index (κ3) is 3.76. The Kier molecular flexibility index (Phi) is 5.37. The maximum absolute atomic E-state index is 12.8. The molecular weight excluding hydrogens is 368 g/mol. The molecule has 1 aliphatic rings. The molecule has 27 heavy (non-hydrogen) atoms. The van der Waals surface area contributed by atoms with Crippen LogP contribution in [0.3, 0.4) is 0 Å². The molecule has 6 nitrogen and oxygen atoms in total. The summed E-state index contributed by atoms with van der Waals surface area (Å²) in [7, 11) is 0. The first kappa shape index (κ1) is 19.2. The zero-order valence-corrected chi connectivity index (χ0v) is 16.0. The van der Waals surface area contributed by atoms with Gasteiger partial charge in [-0.2, -0.15) is 0 Å². The number of para-hydroxylation sites is 1. The van der Waals surface area contributed by atoms with Gasteiger partial charge in [0.05, 0.1) is 11.0 Å². The van der Waals surface area contributed by atoms with E-state index < -0.39 is 4.92 Å². The first-order valence-electron chi connectivity index (χ1n) is 8.92. The molecule has 0 radical (unpaired) electrons. The Morgan fingerprint density at radius 1 is 1.30 bits per heavy atom. The fourth-order valence-electron chi connectivity index (χ4n) is 3.47. The van der Waals surface area contributed by atoms with Crippen molar-refractivity contribution in [3.05, 3.63) is 68.7 Å². The van der Waals surface area contributed by atoms with E-state index in [4.69, 9.17) is 16.3 Å². The number of hydrogen-bond acceptors (Lipinski definition) is 4. The van der Waals surface area contributed by atoms with Crippen molar-refractivity contribution < 1.29 is 14.5 Å². The van der Waals surface area contributed by atoms with E-state index in [1.165, 1.54) is 18.2 Å². The van der Waals surface area contributed by atoms with Crippen LogP contribution in [0.15, 0.2) is 42.5 Å². The first-order chi connectivity index (χ1) is 12.9. The van der Waals surface area contributed by atoms with Gasteiger partial charge in [-0.25, -0.2) is 0 Å². The van der Waals surface area contributed by atoms with Gasteiger partial charge in [0, 0.05) is 23.6 Å². The van der Waals surface area contributed by atoms with Crippen LogP contribution in [0.5, 0.6) is 5.75 Å². The predicted octanol–water partition coefficient (Wildman–Crippen LogP) is 5.06. The van der Waals surface area contributed by atoms with Crippen molar-refractivity contribution in [3.8, 4) is 5.75 Å². The van der Waals surface area contributed by atoms with Crippen molar-refractivity contribution in [2.24, 2.45) is 0 Å². The standard InChI is InChI=1S/C20H21ClN2O4/c1-3-20(4-2)12-16(14-7-5-6-8-18(14)27-20)22-19(24)13-9-10-15(21)17(11-13)23(25)26/h5-11,16H,3-4,12H2,1-2H3,(H,22,24)/t16-/m1/s1. The van der Waals surface area contributed by atoms with Gasteiger partial charge in [0.1, 0.15) is 16.4 Å². The number of ether oxygens (including phenoxy) is 1. The molecular formula is C20H21ClN2O4. The van der Waals surface area contributed by atoms with Crippen LogP contribution in [0.25, 0.3) is 0 Å². The molecule has 1 heterocycles. The van der Waals surface area contributed by atoms with E-state index in [1.807, 2.05) is 24.3 Å². The van der Waals surface area contributed by atoms with Crippen LogP contribution in [0, 0.1) is 10.1 Å². The highest BCUT2D eigenvalue weighted by molar-refractivity contribution is 6.32. The number of hydrogen-bond donors (Lipinski definition) is 1. The summed E-state index contributed by atoms with van der Waals surface area (Å²) in [4.78, 5) is 23.3. The molecule has 3 rings (SSSR count). The lowest BCUT2D eigenvalue weighted by Crippen LogP contribution is -2.44. The second kappa shape index (κ2) is 7.56. The maximum atomic E-state index is 12.8. The van der Waals surface area contributed by atoms with E-state index in [2.05, 4.69) is 19.2 Å². The van der Waals surface area contributed by atoms with Crippen molar-refractivity contribution in [1.82, 2.24) is 5.32 Å². The fourth-order valence-corrected chi connectivity index (χ4v) is 3.65. The number of nitro groups is 1. The number of halogens is 1. The van der Waals surface area contributed by atoms with E-state index in [9.17, 15) is 14.9 Å². The molecule has 0 saturated heterocycles. The third-order valence-electron chi connectivity index (χ3n) is 5.20. The lowest BCUT2D eigenvalue weighted by molar-refractivity contribution is -0.384. The molecule has 1 aliphatic heterocycles. The van der Waals surface area contributed by atoms with Crippen LogP contribution in [0.1, 0.15) is 55.1 Å². The summed E-state index contributed by atoms with van der Waals surface area (Å²) in [5.74, 6) is 0.386. The summed E-state index contributed by atoms with van der Waals surface area (Å²) in [6.45, 7) is 4.14. The normalized spacial score (nSPS) is 17.5. The SMILES string of the molecule is CCC1(CC)C[C@@H](NC(=O)c2ccc(Cl)c([N+](=O)[O-])c2)c2ccccc2O1. The highest BCUT2D eigenvalue weighted by Gasteiger charge is 2.39. The van der Waals surface area contributed by atoms with Gasteiger partial charge in [-0.05, 0) is 31.0 Å². The highest BCUT2D eigenvalue weighted by atomic mass is 35.5. The van der Waals surface area contributed by atoms with Crippen LogP contribution in [-0.4, -0.2) is 16.4 Å². The zero-order valence-electron chi connectivity index (χ0n) is 15.2. The summed E-state index contributed by atoms with van der Waals surface area (Å²) in [5.41, 5.74) is 0.479. The van der Waals surface area contributed by atoms with E-state index in [1.54, 1.807) is 0 Å². The van der Waals surface area contributed by atoms with Gasteiger partial charge in [0.15, 0.2) is 0 Å². The van der Waals surface area contributed by atoms with Gasteiger partial charge in [-0.1, -0.05) is 43.6 Å². The largest absolute Gasteiger partial charge is 0.487 e. The number of carbonyl (C=O) groups excluding carboxylic acids is 1. The Bertz CT molecular complexity index is 880. The topological polar surface area (TPSA) is 81.5 Å². The van der Waals surface area contributed by atoms with E-state index >= 15 is 0 Å². The number of rotatable bonds is 5. The van der Waals surface area contributed by atoms with Crippen molar-refractivity contribution in [2.75, 3.05) is 0 Å². The molecule has 2 aromatic carbocycles. The van der Waals surface area contributed by atoms with Crippen LogP contribution >= 0.6 is 11.6 Å². The third-order valence-corrected chi connectivity index (χ3v) is 5.52. The molecule has 1 N–H and O–H groups in total. The minimum absolute atomic E-state index is 0.00365. The van der Waals surface area contributed by atoms with Crippen LogP contribution in [-0.2, 0) is 0 Å². The lowest BCUT2D eigenvalue weighted by atomic mass is 9.83. The van der Waals surface area contributed by atoms with Crippen molar-refractivity contribution >= 4 is 23.2 Å². The van der Waals surface area contributed by atoms with Crippen molar-refractivity contribution in [2.45, 2.75) is 44.8 Å². The Balaban J connectivity index is 1.91. The maximum Gasteiger partial charge on any atom is 0.288 e. The molecule has 0 aromatic heterocycles. The van der Waals surface area contributed by atoms with Crippen molar-refractivity contribution in [1.29, 1.82) is 0 Å². The van der Waals surface area contributed by atoms with Crippen molar-refractivity contribution in [3.63, 3.8) is 0 Å². The number of carbonyl (C=O) groups is 1. The van der Waals surface area contributed by atoms with Gasteiger partial charge in [0.25, 0.3) is 11.6 Å². The fraction of sp³-hybridized carbons (Fsp3) is 0.350. The van der Waals surface area contributed by atoms with Gasteiger partial charge in [-0.15, -0.1) is 0 Å².